The molecule has 1 unspecified atom stereocenters. The lowest BCUT2D eigenvalue weighted by Gasteiger charge is -2.16. The van der Waals surface area contributed by atoms with Crippen LogP contribution in [0, 0.1) is 5.92 Å². The van der Waals surface area contributed by atoms with Crippen molar-refractivity contribution in [2.45, 2.75) is 19.9 Å². The van der Waals surface area contributed by atoms with Crippen LogP contribution in [0.15, 0.2) is 12.4 Å². The summed E-state index contributed by atoms with van der Waals surface area (Å²) in [5.74, 6) is 1.79. The van der Waals surface area contributed by atoms with E-state index in [1.807, 2.05) is 19.4 Å². The zero-order chi connectivity index (χ0) is 10.7. The summed E-state index contributed by atoms with van der Waals surface area (Å²) in [6.07, 6.45) is 5.00. The van der Waals surface area contributed by atoms with E-state index in [0.717, 1.165) is 37.1 Å². The van der Waals surface area contributed by atoms with Crippen LogP contribution in [0.5, 0.6) is 0 Å². The van der Waals surface area contributed by atoms with Crippen LogP contribution in [0.3, 0.4) is 0 Å². The van der Waals surface area contributed by atoms with Gasteiger partial charge in [0.25, 0.3) is 0 Å². The molecular formula is C11H18N4. The normalized spacial score (nSPS) is 20.9. The number of rotatable bonds is 3. The molecular weight excluding hydrogens is 188 g/mol. The highest BCUT2D eigenvalue weighted by Crippen LogP contribution is 2.20. The fraction of sp³-hybridized carbons (Fsp3) is 0.636. The molecule has 82 valence electrons. The smallest absolute Gasteiger partial charge is 0.147 e. The van der Waals surface area contributed by atoms with Crippen molar-refractivity contribution in [2.75, 3.05) is 25.0 Å². The maximum atomic E-state index is 4.44. The second-order valence-electron chi connectivity index (χ2n) is 4.24. The molecule has 0 aromatic carbocycles. The third-order valence-corrected chi connectivity index (χ3v) is 2.80. The monoisotopic (exact) mass is 206 g/mol. The lowest BCUT2D eigenvalue weighted by Crippen LogP contribution is -2.20. The molecule has 1 atom stereocenters. The van der Waals surface area contributed by atoms with E-state index in [9.17, 15) is 0 Å². The molecule has 0 bridgehead atoms. The van der Waals surface area contributed by atoms with Crippen LogP contribution < -0.4 is 10.2 Å². The summed E-state index contributed by atoms with van der Waals surface area (Å²) < 4.78 is 0. The summed E-state index contributed by atoms with van der Waals surface area (Å²) in [6, 6.07) is 0. The molecule has 1 aliphatic heterocycles. The van der Waals surface area contributed by atoms with Gasteiger partial charge in [0.1, 0.15) is 5.82 Å². The number of aromatic nitrogens is 2. The summed E-state index contributed by atoms with van der Waals surface area (Å²) >= 11 is 0. The fourth-order valence-corrected chi connectivity index (χ4v) is 1.93. The van der Waals surface area contributed by atoms with Gasteiger partial charge in [0.2, 0.25) is 0 Å². The Labute approximate surface area is 90.7 Å². The topological polar surface area (TPSA) is 41.1 Å². The first-order chi connectivity index (χ1) is 7.29. The largest absolute Gasteiger partial charge is 0.355 e. The average molecular weight is 206 g/mol. The Hall–Kier alpha value is -1.16. The van der Waals surface area contributed by atoms with Crippen molar-refractivity contribution >= 4 is 5.82 Å². The van der Waals surface area contributed by atoms with Gasteiger partial charge in [-0.05, 0) is 19.4 Å². The Morgan fingerprint density at radius 3 is 2.87 bits per heavy atom. The zero-order valence-corrected chi connectivity index (χ0v) is 9.40. The second-order valence-corrected chi connectivity index (χ2v) is 4.24. The van der Waals surface area contributed by atoms with Crippen LogP contribution in [-0.4, -0.2) is 30.1 Å². The number of hydrogen-bond donors (Lipinski definition) is 1. The zero-order valence-electron chi connectivity index (χ0n) is 9.40. The Morgan fingerprint density at radius 2 is 2.33 bits per heavy atom. The molecule has 0 saturated carbocycles. The maximum Gasteiger partial charge on any atom is 0.147 e. The van der Waals surface area contributed by atoms with Crippen molar-refractivity contribution in [1.82, 2.24) is 15.3 Å². The summed E-state index contributed by atoms with van der Waals surface area (Å²) in [5, 5.41) is 3.06. The lowest BCUT2D eigenvalue weighted by molar-refractivity contribution is 0.658. The average Bonchev–Trinajstić information content (AvgIpc) is 2.67. The first-order valence-electron chi connectivity index (χ1n) is 5.50. The van der Waals surface area contributed by atoms with Gasteiger partial charge in [-0.15, -0.1) is 0 Å². The summed E-state index contributed by atoms with van der Waals surface area (Å²) in [6.45, 7) is 5.29. The number of anilines is 1. The minimum Gasteiger partial charge on any atom is -0.355 e. The first kappa shape index (κ1) is 10.4. The third kappa shape index (κ3) is 2.45. The van der Waals surface area contributed by atoms with Gasteiger partial charge in [0, 0.05) is 19.6 Å². The molecule has 0 radical (unpaired) electrons. The van der Waals surface area contributed by atoms with Gasteiger partial charge in [-0.1, -0.05) is 6.92 Å². The second kappa shape index (κ2) is 4.57. The predicted octanol–water partition coefficient (Wildman–Crippen LogP) is 1.04. The SMILES string of the molecule is CNCc1cnc(N2CCC(C)C2)cn1. The lowest BCUT2D eigenvalue weighted by atomic mass is 10.2. The van der Waals surface area contributed by atoms with Crippen LogP contribution in [0.25, 0.3) is 0 Å². The Balaban J connectivity index is 2.03. The molecule has 1 aliphatic rings. The molecule has 1 fully saturated rings. The minimum atomic E-state index is 0.781. The van der Waals surface area contributed by atoms with Crippen molar-refractivity contribution in [3.05, 3.63) is 18.1 Å². The maximum absolute atomic E-state index is 4.44. The van der Waals surface area contributed by atoms with Crippen LogP contribution >= 0.6 is 0 Å². The van der Waals surface area contributed by atoms with Crippen molar-refractivity contribution in [1.29, 1.82) is 0 Å². The summed E-state index contributed by atoms with van der Waals surface area (Å²) in [7, 11) is 1.91. The summed E-state index contributed by atoms with van der Waals surface area (Å²) in [5.41, 5.74) is 0.994. The molecule has 0 aliphatic carbocycles. The molecule has 2 rings (SSSR count). The van der Waals surface area contributed by atoms with Gasteiger partial charge in [-0.2, -0.15) is 0 Å². The van der Waals surface area contributed by atoms with E-state index in [0.29, 0.717) is 0 Å². The standard InChI is InChI=1S/C11H18N4/c1-9-3-4-15(8-9)11-7-13-10(5-12-2)6-14-11/h6-7,9,12H,3-5,8H2,1-2H3. The van der Waals surface area contributed by atoms with Gasteiger partial charge in [0.05, 0.1) is 18.1 Å². The van der Waals surface area contributed by atoms with Gasteiger partial charge >= 0.3 is 0 Å². The molecule has 4 nitrogen and oxygen atoms in total. The van der Waals surface area contributed by atoms with Gasteiger partial charge in [-0.25, -0.2) is 4.98 Å². The minimum absolute atomic E-state index is 0.781. The highest BCUT2D eigenvalue weighted by atomic mass is 15.2. The molecule has 15 heavy (non-hydrogen) atoms. The van der Waals surface area contributed by atoms with Crippen LogP contribution in [0.2, 0.25) is 0 Å². The molecule has 1 saturated heterocycles. The van der Waals surface area contributed by atoms with Crippen molar-refractivity contribution < 1.29 is 0 Å². The van der Waals surface area contributed by atoms with Crippen molar-refractivity contribution in [3.8, 4) is 0 Å². The number of nitrogens with one attached hydrogen (secondary N) is 1. The highest BCUT2D eigenvalue weighted by Gasteiger charge is 2.19. The van der Waals surface area contributed by atoms with E-state index in [4.69, 9.17) is 0 Å². The van der Waals surface area contributed by atoms with Crippen LogP contribution in [0.1, 0.15) is 19.0 Å². The molecule has 2 heterocycles. The number of nitrogens with zero attached hydrogens (tertiary/aromatic N) is 3. The fourth-order valence-electron chi connectivity index (χ4n) is 1.93. The molecule has 0 amide bonds. The quantitative estimate of drug-likeness (QED) is 0.802. The van der Waals surface area contributed by atoms with E-state index in [2.05, 4.69) is 27.1 Å². The third-order valence-electron chi connectivity index (χ3n) is 2.80. The Morgan fingerprint density at radius 1 is 1.47 bits per heavy atom. The van der Waals surface area contributed by atoms with Crippen molar-refractivity contribution in [3.63, 3.8) is 0 Å². The van der Waals surface area contributed by atoms with E-state index in [1.54, 1.807) is 0 Å². The molecule has 4 heteroatoms. The van der Waals surface area contributed by atoms with E-state index >= 15 is 0 Å². The molecule has 0 spiro atoms. The van der Waals surface area contributed by atoms with Crippen LogP contribution in [-0.2, 0) is 6.54 Å². The van der Waals surface area contributed by atoms with Crippen molar-refractivity contribution in [2.24, 2.45) is 5.92 Å². The molecule has 1 aromatic heterocycles. The molecule has 1 aromatic rings. The van der Waals surface area contributed by atoms with Gasteiger partial charge < -0.3 is 10.2 Å². The molecule has 1 N–H and O–H groups in total. The van der Waals surface area contributed by atoms with E-state index in [1.165, 1.54) is 6.42 Å². The summed E-state index contributed by atoms with van der Waals surface area (Å²) in [4.78, 5) is 11.1. The Bertz CT molecular complexity index is 309. The van der Waals surface area contributed by atoms with Crippen LogP contribution in [0.4, 0.5) is 5.82 Å². The highest BCUT2D eigenvalue weighted by molar-refractivity contribution is 5.37. The van der Waals surface area contributed by atoms with E-state index < -0.39 is 0 Å². The first-order valence-corrected chi connectivity index (χ1v) is 5.50. The predicted molar refractivity (Wildman–Crippen MR) is 60.8 cm³/mol. The van der Waals surface area contributed by atoms with Gasteiger partial charge in [0.15, 0.2) is 0 Å². The Kier molecular flexibility index (Phi) is 3.16. The van der Waals surface area contributed by atoms with Gasteiger partial charge in [-0.3, -0.25) is 4.98 Å². The van der Waals surface area contributed by atoms with E-state index in [-0.39, 0.29) is 0 Å². The number of hydrogen-bond acceptors (Lipinski definition) is 4.